The predicted molar refractivity (Wildman–Crippen MR) is 86.0 cm³/mol. The van der Waals surface area contributed by atoms with Gasteiger partial charge in [0.25, 0.3) is 15.0 Å². The Morgan fingerprint density at radius 1 is 1.29 bits per heavy atom. The van der Waals surface area contributed by atoms with E-state index >= 15 is 0 Å². The van der Waals surface area contributed by atoms with Gasteiger partial charge in [-0.05, 0) is 32.4 Å². The fraction of sp³-hybridized carbons (Fsp3) is 0.462. The summed E-state index contributed by atoms with van der Waals surface area (Å²) in [7, 11) is 1.23. The lowest BCUT2D eigenvalue weighted by Gasteiger charge is -2.26. The fourth-order valence-electron chi connectivity index (χ4n) is 1.99. The molecule has 0 aliphatic rings. The number of amides is 1. The Labute approximate surface area is 139 Å². The van der Waals surface area contributed by atoms with Crippen molar-refractivity contribution in [1.82, 2.24) is 5.32 Å². The van der Waals surface area contributed by atoms with Crippen molar-refractivity contribution in [2.75, 3.05) is 0 Å². The van der Waals surface area contributed by atoms with E-state index in [1.165, 1.54) is 12.1 Å². The van der Waals surface area contributed by atoms with Crippen molar-refractivity contribution >= 4 is 48.8 Å². The molecule has 0 aliphatic carbocycles. The summed E-state index contributed by atoms with van der Waals surface area (Å²) in [4.78, 5) is 12.0. The van der Waals surface area contributed by atoms with Crippen molar-refractivity contribution in [3.8, 4) is 0 Å². The van der Waals surface area contributed by atoms with E-state index in [0.29, 0.717) is 0 Å². The van der Waals surface area contributed by atoms with Crippen molar-refractivity contribution in [2.45, 2.75) is 44.0 Å². The Bertz CT molecular complexity index is 657. The number of carbonyl (C=O) groups is 1. The second-order valence-corrected chi connectivity index (χ2v) is 8.58. The molecule has 1 aromatic carbocycles. The van der Waals surface area contributed by atoms with Gasteiger partial charge < -0.3 is 5.32 Å². The smallest absolute Gasteiger partial charge is 0.262 e. The van der Waals surface area contributed by atoms with Crippen molar-refractivity contribution in [3.63, 3.8) is 0 Å². The molecule has 1 N–H and O–H groups in total. The van der Waals surface area contributed by atoms with Crippen LogP contribution in [-0.4, -0.2) is 19.9 Å². The Morgan fingerprint density at radius 2 is 1.86 bits per heavy atom. The molecule has 0 saturated carbocycles. The molecule has 0 aromatic heterocycles. The van der Waals surface area contributed by atoms with Crippen molar-refractivity contribution in [1.29, 1.82) is 0 Å². The van der Waals surface area contributed by atoms with Gasteiger partial charge in [-0.15, -0.1) is 0 Å². The molecule has 0 atom stereocenters. The SMILES string of the molecule is CCCC(C)(C)NC(=O)c1c(Cl)ccc(S(=O)(=O)Cl)c1Cl. The molecule has 8 heteroatoms. The number of benzene rings is 1. The van der Waals surface area contributed by atoms with Crippen molar-refractivity contribution in [2.24, 2.45) is 0 Å². The third-order valence-corrected chi connectivity index (χ3v) is 5.06. The van der Waals surface area contributed by atoms with E-state index in [0.717, 1.165) is 12.8 Å². The summed E-state index contributed by atoms with van der Waals surface area (Å²) in [5.41, 5.74) is -0.557. The Morgan fingerprint density at radius 3 is 2.33 bits per heavy atom. The Balaban J connectivity index is 3.28. The number of nitrogens with one attached hydrogen (secondary N) is 1. The van der Waals surface area contributed by atoms with Gasteiger partial charge in [-0.25, -0.2) is 8.42 Å². The van der Waals surface area contributed by atoms with Crippen LogP contribution in [0, 0.1) is 0 Å². The van der Waals surface area contributed by atoms with E-state index in [9.17, 15) is 13.2 Å². The summed E-state index contributed by atoms with van der Waals surface area (Å²) in [5.74, 6) is -0.536. The van der Waals surface area contributed by atoms with Crippen LogP contribution >= 0.6 is 33.9 Å². The summed E-state index contributed by atoms with van der Waals surface area (Å²) < 4.78 is 22.9. The summed E-state index contributed by atoms with van der Waals surface area (Å²) in [6, 6.07) is 2.45. The molecule has 1 rings (SSSR count). The molecule has 4 nitrogen and oxygen atoms in total. The zero-order chi connectivity index (χ0) is 16.4. The topological polar surface area (TPSA) is 63.2 Å². The number of halogens is 3. The molecule has 0 saturated heterocycles. The highest BCUT2D eigenvalue weighted by Gasteiger charge is 2.27. The molecule has 0 unspecified atom stereocenters. The van der Waals surface area contributed by atoms with E-state index in [1.807, 2.05) is 20.8 Å². The van der Waals surface area contributed by atoms with Crippen LogP contribution in [0.15, 0.2) is 17.0 Å². The first-order valence-electron chi connectivity index (χ1n) is 6.25. The molecule has 0 aliphatic heterocycles. The first-order chi connectivity index (χ1) is 9.49. The van der Waals surface area contributed by atoms with Gasteiger partial charge in [-0.2, -0.15) is 0 Å². The van der Waals surface area contributed by atoms with Crippen LogP contribution < -0.4 is 5.32 Å². The van der Waals surface area contributed by atoms with Gasteiger partial charge in [-0.1, -0.05) is 36.5 Å². The second-order valence-electron chi connectivity index (χ2n) is 5.26. The minimum absolute atomic E-state index is 0.0638. The average Bonchev–Trinajstić information content (AvgIpc) is 2.25. The van der Waals surface area contributed by atoms with E-state index in [2.05, 4.69) is 5.32 Å². The average molecular weight is 373 g/mol. The number of rotatable bonds is 5. The fourth-order valence-corrected chi connectivity index (χ4v) is 3.89. The number of carbonyl (C=O) groups excluding carboxylic acids is 1. The quantitative estimate of drug-likeness (QED) is 0.787. The van der Waals surface area contributed by atoms with Crippen LogP contribution in [0.1, 0.15) is 44.0 Å². The van der Waals surface area contributed by atoms with Gasteiger partial charge in [0, 0.05) is 16.2 Å². The highest BCUT2D eigenvalue weighted by Crippen LogP contribution is 2.33. The highest BCUT2D eigenvalue weighted by atomic mass is 35.7. The van der Waals surface area contributed by atoms with Crippen LogP contribution in [0.25, 0.3) is 0 Å². The van der Waals surface area contributed by atoms with Crippen LogP contribution in [0.5, 0.6) is 0 Å². The summed E-state index contributed by atoms with van der Waals surface area (Å²) in [6.07, 6.45) is 1.63. The second kappa shape index (κ2) is 6.73. The minimum Gasteiger partial charge on any atom is -0.347 e. The standard InChI is InChI=1S/C13H16Cl3NO3S/c1-4-7-13(2,3)17-12(18)10-8(14)5-6-9(11(10)15)21(16,19)20/h5-6H,4,7H2,1-3H3,(H,17,18). The van der Waals surface area contributed by atoms with Crippen molar-refractivity contribution < 1.29 is 13.2 Å². The van der Waals surface area contributed by atoms with Crippen molar-refractivity contribution in [3.05, 3.63) is 27.7 Å². The lowest BCUT2D eigenvalue weighted by molar-refractivity contribution is 0.0909. The van der Waals surface area contributed by atoms with E-state index in [1.54, 1.807) is 0 Å². The molecular formula is C13H16Cl3NO3S. The van der Waals surface area contributed by atoms with E-state index < -0.39 is 20.5 Å². The minimum atomic E-state index is -4.06. The molecule has 0 radical (unpaired) electrons. The Kier molecular flexibility index (Phi) is 5.95. The summed E-state index contributed by atoms with van der Waals surface area (Å²) in [6.45, 7) is 5.71. The van der Waals surface area contributed by atoms with Gasteiger partial charge in [0.2, 0.25) is 0 Å². The van der Waals surface area contributed by atoms with Gasteiger partial charge in [0.05, 0.1) is 15.6 Å². The molecule has 118 valence electrons. The van der Waals surface area contributed by atoms with Gasteiger partial charge >= 0.3 is 0 Å². The van der Waals surface area contributed by atoms with Gasteiger partial charge in [0.15, 0.2) is 0 Å². The first kappa shape index (κ1) is 18.6. The number of hydrogen-bond donors (Lipinski definition) is 1. The number of hydrogen-bond acceptors (Lipinski definition) is 3. The molecule has 1 amide bonds. The maximum Gasteiger partial charge on any atom is 0.262 e. The maximum atomic E-state index is 12.3. The molecule has 0 spiro atoms. The predicted octanol–water partition coefficient (Wildman–Crippen LogP) is 4.23. The lowest BCUT2D eigenvalue weighted by Crippen LogP contribution is -2.43. The molecule has 1 aromatic rings. The lowest BCUT2D eigenvalue weighted by atomic mass is 9.98. The zero-order valence-corrected chi connectivity index (χ0v) is 14.9. The summed E-state index contributed by atoms with van der Waals surface area (Å²) >= 11 is 12.0. The Hall–Kier alpha value is -0.490. The third kappa shape index (κ3) is 4.74. The maximum absolute atomic E-state index is 12.3. The molecule has 0 fully saturated rings. The first-order valence-corrected chi connectivity index (χ1v) is 9.31. The normalized spacial score (nSPS) is 12.3. The van der Waals surface area contributed by atoms with Gasteiger partial charge in [-0.3, -0.25) is 4.79 Å². The summed E-state index contributed by atoms with van der Waals surface area (Å²) in [5, 5.41) is 2.58. The molecule has 0 heterocycles. The monoisotopic (exact) mass is 371 g/mol. The van der Waals surface area contributed by atoms with Crippen LogP contribution in [0.4, 0.5) is 0 Å². The van der Waals surface area contributed by atoms with Crippen LogP contribution in [-0.2, 0) is 9.05 Å². The van der Waals surface area contributed by atoms with Crippen LogP contribution in [0.3, 0.4) is 0 Å². The highest BCUT2D eigenvalue weighted by molar-refractivity contribution is 8.13. The molecule has 0 bridgehead atoms. The van der Waals surface area contributed by atoms with Gasteiger partial charge in [0.1, 0.15) is 4.90 Å². The molecular weight excluding hydrogens is 357 g/mol. The largest absolute Gasteiger partial charge is 0.347 e. The van der Waals surface area contributed by atoms with Crippen LogP contribution in [0.2, 0.25) is 10.0 Å². The van der Waals surface area contributed by atoms with E-state index in [-0.39, 0.29) is 20.5 Å². The zero-order valence-electron chi connectivity index (χ0n) is 11.8. The third-order valence-electron chi connectivity index (χ3n) is 2.87. The molecule has 21 heavy (non-hydrogen) atoms. The van der Waals surface area contributed by atoms with E-state index in [4.69, 9.17) is 33.9 Å².